The fourth-order valence-electron chi connectivity index (χ4n) is 4.67. The number of aromatic nitrogens is 1. The molecule has 5 rings (SSSR count). The number of para-hydroxylation sites is 1. The molecule has 182 valence electrons. The van der Waals surface area contributed by atoms with Crippen LogP contribution in [-0.2, 0) is 17.9 Å². The number of hydrogen-bond acceptors (Lipinski definition) is 3. The Morgan fingerprint density at radius 2 is 1.75 bits per heavy atom. The van der Waals surface area contributed by atoms with Crippen molar-refractivity contribution in [1.82, 2.24) is 9.88 Å². The number of nitrogens with one attached hydrogen (secondary N) is 1. The highest BCUT2D eigenvalue weighted by atomic mass is 16.5. The van der Waals surface area contributed by atoms with Gasteiger partial charge >= 0.3 is 0 Å². The third kappa shape index (κ3) is 5.20. The van der Waals surface area contributed by atoms with Crippen LogP contribution in [0.15, 0.2) is 102 Å². The highest BCUT2D eigenvalue weighted by Gasteiger charge is 2.23. The van der Waals surface area contributed by atoms with Gasteiger partial charge in [0, 0.05) is 36.0 Å². The van der Waals surface area contributed by atoms with Gasteiger partial charge in [-0.2, -0.15) is 0 Å². The van der Waals surface area contributed by atoms with E-state index < -0.39 is 0 Å². The molecule has 1 atom stereocenters. The predicted molar refractivity (Wildman–Crippen MR) is 142 cm³/mol. The maximum absolute atomic E-state index is 13.1. The second-order valence-electron chi connectivity index (χ2n) is 9.10. The summed E-state index contributed by atoms with van der Waals surface area (Å²) in [5, 5.41) is 4.17. The van der Waals surface area contributed by atoms with Gasteiger partial charge in [0.15, 0.2) is 0 Å². The summed E-state index contributed by atoms with van der Waals surface area (Å²) >= 11 is 0. The summed E-state index contributed by atoms with van der Waals surface area (Å²) in [5.74, 6) is 1.39. The fourth-order valence-corrected chi connectivity index (χ4v) is 4.67. The lowest BCUT2D eigenvalue weighted by Gasteiger charge is -2.17. The highest BCUT2D eigenvalue weighted by molar-refractivity contribution is 5.86. The number of ether oxygens (including phenoxy) is 1. The number of nitrogens with zero attached hydrogens (tertiary/aromatic N) is 1. The maximum atomic E-state index is 13.1. The second-order valence-corrected chi connectivity index (χ2v) is 9.10. The van der Waals surface area contributed by atoms with Gasteiger partial charge in [0.05, 0.1) is 19.9 Å². The van der Waals surface area contributed by atoms with Crippen LogP contribution in [0, 0.1) is 6.92 Å². The fraction of sp³-hybridized carbons (Fsp3) is 0.194. The summed E-state index contributed by atoms with van der Waals surface area (Å²) in [5.41, 5.74) is 5.85. The first-order valence-corrected chi connectivity index (χ1v) is 12.2. The van der Waals surface area contributed by atoms with Gasteiger partial charge in [-0.15, -0.1) is 0 Å². The lowest BCUT2D eigenvalue weighted by Crippen LogP contribution is -2.24. The molecule has 0 aliphatic carbocycles. The van der Waals surface area contributed by atoms with E-state index in [1.54, 1.807) is 13.4 Å². The summed E-state index contributed by atoms with van der Waals surface area (Å²) in [4.78, 5) is 13.1. The van der Waals surface area contributed by atoms with E-state index in [2.05, 4.69) is 83.7 Å². The average Bonchev–Trinajstić information content (AvgIpc) is 3.56. The minimum absolute atomic E-state index is 0.0254. The number of furan rings is 1. The molecule has 1 N–H and O–H groups in total. The zero-order valence-corrected chi connectivity index (χ0v) is 20.6. The van der Waals surface area contributed by atoms with Gasteiger partial charge in [-0.3, -0.25) is 4.79 Å². The van der Waals surface area contributed by atoms with Gasteiger partial charge < -0.3 is 19.0 Å². The minimum atomic E-state index is -0.114. The smallest absolute Gasteiger partial charge is 0.221 e. The molecule has 0 radical (unpaired) electrons. The quantitative estimate of drug-likeness (QED) is 0.265. The average molecular weight is 479 g/mol. The Bertz CT molecular complexity index is 1430. The molecule has 0 saturated heterocycles. The van der Waals surface area contributed by atoms with Crippen molar-refractivity contribution in [1.29, 1.82) is 0 Å². The summed E-state index contributed by atoms with van der Waals surface area (Å²) < 4.78 is 13.0. The van der Waals surface area contributed by atoms with Crippen molar-refractivity contribution in [3.8, 4) is 5.75 Å². The SMILES string of the molecule is COc1ccc([C@@H](CC(=O)NCc2ccco2)c2cn(Cc3ccc(C)cc3)c3ccccc23)cc1. The molecule has 0 bridgehead atoms. The molecule has 2 heterocycles. The van der Waals surface area contributed by atoms with E-state index >= 15 is 0 Å². The van der Waals surface area contributed by atoms with Crippen LogP contribution in [0.4, 0.5) is 0 Å². The number of amides is 1. The maximum Gasteiger partial charge on any atom is 0.221 e. The van der Waals surface area contributed by atoms with E-state index in [0.29, 0.717) is 13.0 Å². The number of fused-ring (bicyclic) bond motifs is 1. The van der Waals surface area contributed by atoms with Crippen molar-refractivity contribution in [3.63, 3.8) is 0 Å². The number of aryl methyl sites for hydroxylation is 1. The van der Waals surface area contributed by atoms with Crippen LogP contribution in [0.5, 0.6) is 5.75 Å². The molecule has 2 aromatic heterocycles. The third-order valence-electron chi connectivity index (χ3n) is 6.62. The summed E-state index contributed by atoms with van der Waals surface area (Å²) in [6, 6.07) is 28.7. The number of carbonyl (C=O) groups is 1. The Morgan fingerprint density at radius 1 is 0.972 bits per heavy atom. The van der Waals surface area contributed by atoms with E-state index in [0.717, 1.165) is 40.1 Å². The third-order valence-corrected chi connectivity index (χ3v) is 6.62. The van der Waals surface area contributed by atoms with Crippen LogP contribution >= 0.6 is 0 Å². The molecule has 1 amide bonds. The number of carbonyl (C=O) groups excluding carboxylic acids is 1. The largest absolute Gasteiger partial charge is 0.497 e. The molecular formula is C31H30N2O3. The van der Waals surface area contributed by atoms with E-state index in [4.69, 9.17) is 9.15 Å². The topological polar surface area (TPSA) is 56.4 Å². The number of hydrogen-bond donors (Lipinski definition) is 1. The molecule has 5 nitrogen and oxygen atoms in total. The zero-order valence-electron chi connectivity index (χ0n) is 20.6. The van der Waals surface area contributed by atoms with Crippen molar-refractivity contribution >= 4 is 16.8 Å². The summed E-state index contributed by atoms with van der Waals surface area (Å²) in [6.45, 7) is 3.24. The molecule has 36 heavy (non-hydrogen) atoms. The first-order valence-electron chi connectivity index (χ1n) is 12.2. The molecular weight excluding hydrogens is 448 g/mol. The minimum Gasteiger partial charge on any atom is -0.497 e. The van der Waals surface area contributed by atoms with Crippen LogP contribution in [0.25, 0.3) is 10.9 Å². The molecule has 0 saturated carbocycles. The molecule has 0 aliphatic heterocycles. The summed E-state index contributed by atoms with van der Waals surface area (Å²) in [6.07, 6.45) is 4.15. The van der Waals surface area contributed by atoms with Crippen LogP contribution in [0.3, 0.4) is 0 Å². The van der Waals surface area contributed by atoms with Gasteiger partial charge in [-0.25, -0.2) is 0 Å². The van der Waals surface area contributed by atoms with Gasteiger partial charge in [0.2, 0.25) is 5.91 Å². The van der Waals surface area contributed by atoms with Gasteiger partial charge in [0.1, 0.15) is 11.5 Å². The number of benzene rings is 3. The lowest BCUT2D eigenvalue weighted by molar-refractivity contribution is -0.121. The van der Waals surface area contributed by atoms with Crippen LogP contribution in [-0.4, -0.2) is 17.6 Å². The Kier molecular flexibility index (Phi) is 6.89. The zero-order chi connectivity index (χ0) is 24.9. The van der Waals surface area contributed by atoms with Crippen LogP contribution < -0.4 is 10.1 Å². The molecule has 3 aromatic carbocycles. The van der Waals surface area contributed by atoms with E-state index in [1.807, 2.05) is 24.3 Å². The number of methoxy groups -OCH3 is 1. The van der Waals surface area contributed by atoms with Gasteiger partial charge in [0.25, 0.3) is 0 Å². The Morgan fingerprint density at radius 3 is 2.47 bits per heavy atom. The van der Waals surface area contributed by atoms with Crippen molar-refractivity contribution in [3.05, 3.63) is 125 Å². The second kappa shape index (κ2) is 10.6. The first-order chi connectivity index (χ1) is 17.6. The highest BCUT2D eigenvalue weighted by Crippen LogP contribution is 2.36. The summed E-state index contributed by atoms with van der Waals surface area (Å²) in [7, 11) is 1.66. The Balaban J connectivity index is 1.50. The van der Waals surface area contributed by atoms with Crippen molar-refractivity contribution in [2.24, 2.45) is 0 Å². The predicted octanol–water partition coefficient (Wildman–Crippen LogP) is 6.44. The van der Waals surface area contributed by atoms with Crippen LogP contribution in [0.1, 0.15) is 40.4 Å². The van der Waals surface area contributed by atoms with Gasteiger partial charge in [-0.1, -0.05) is 60.2 Å². The lowest BCUT2D eigenvalue weighted by atomic mass is 9.88. The molecule has 0 fully saturated rings. The number of rotatable bonds is 9. The van der Waals surface area contributed by atoms with E-state index in [1.165, 1.54) is 11.1 Å². The monoisotopic (exact) mass is 478 g/mol. The normalized spacial score (nSPS) is 11.9. The first kappa shape index (κ1) is 23.5. The standard InChI is InChI=1S/C31H30N2O3/c1-22-9-11-23(12-10-22)20-33-21-29(27-7-3-4-8-30(27)33)28(24-13-15-25(35-2)16-14-24)18-31(34)32-19-26-6-5-17-36-26/h3-17,21,28H,18-20H2,1-2H3,(H,32,34)/t28-/m1/s1. The molecule has 0 unspecified atom stereocenters. The molecule has 5 heteroatoms. The van der Waals surface area contributed by atoms with Crippen molar-refractivity contribution < 1.29 is 13.9 Å². The van der Waals surface area contributed by atoms with Crippen molar-refractivity contribution in [2.75, 3.05) is 7.11 Å². The molecule has 0 spiro atoms. The Hall–Kier alpha value is -4.25. The van der Waals surface area contributed by atoms with E-state index in [-0.39, 0.29) is 11.8 Å². The molecule has 5 aromatic rings. The Labute approximate surface area is 211 Å². The van der Waals surface area contributed by atoms with Crippen molar-refractivity contribution in [2.45, 2.75) is 32.4 Å². The molecule has 0 aliphatic rings. The van der Waals surface area contributed by atoms with Gasteiger partial charge in [-0.05, 0) is 53.9 Å². The van der Waals surface area contributed by atoms with E-state index in [9.17, 15) is 4.79 Å². The van der Waals surface area contributed by atoms with Crippen LogP contribution in [0.2, 0.25) is 0 Å².